The van der Waals surface area contributed by atoms with Gasteiger partial charge in [-0.15, -0.1) is 0 Å². The number of benzene rings is 1. The van der Waals surface area contributed by atoms with Crippen molar-refractivity contribution in [3.05, 3.63) is 35.5 Å². The predicted octanol–water partition coefficient (Wildman–Crippen LogP) is 2.09. The lowest BCUT2D eigenvalue weighted by atomic mass is 10.1. The first kappa shape index (κ1) is 15.4. The van der Waals surface area contributed by atoms with Crippen LogP contribution in [-0.4, -0.2) is 35.3 Å². The van der Waals surface area contributed by atoms with Crippen molar-refractivity contribution < 1.29 is 9.90 Å². The van der Waals surface area contributed by atoms with Gasteiger partial charge >= 0.3 is 6.03 Å². The summed E-state index contributed by atoms with van der Waals surface area (Å²) < 4.78 is 0. The van der Waals surface area contributed by atoms with E-state index >= 15 is 0 Å². The minimum absolute atomic E-state index is 0.0228. The van der Waals surface area contributed by atoms with Crippen LogP contribution in [0.4, 0.5) is 4.79 Å². The maximum Gasteiger partial charge on any atom is 0.315 e. The molecule has 0 radical (unpaired) electrons. The van der Waals surface area contributed by atoms with E-state index in [2.05, 4.69) is 34.7 Å². The lowest BCUT2D eigenvalue weighted by Crippen LogP contribution is -2.41. The number of carbonyl (C=O) groups is 1. The molecule has 2 amide bonds. The van der Waals surface area contributed by atoms with E-state index in [0.29, 0.717) is 13.0 Å². The van der Waals surface area contributed by atoms with Crippen LogP contribution in [0.3, 0.4) is 0 Å². The first-order valence-electron chi connectivity index (χ1n) is 7.32. The third-order valence-electron chi connectivity index (χ3n) is 3.62. The number of aliphatic hydroxyl groups excluding tert-OH is 1. The zero-order chi connectivity index (χ0) is 15.2. The average Bonchev–Trinajstić information content (AvgIpc) is 2.83. The lowest BCUT2D eigenvalue weighted by Gasteiger charge is -2.13. The second-order valence-electron chi connectivity index (χ2n) is 5.37. The molecule has 1 aromatic carbocycles. The molecule has 5 nitrogen and oxygen atoms in total. The Labute approximate surface area is 124 Å². The number of carbonyl (C=O) groups excluding carboxylic acids is 1. The van der Waals surface area contributed by atoms with Crippen molar-refractivity contribution >= 4 is 16.9 Å². The highest BCUT2D eigenvalue weighted by Crippen LogP contribution is 2.22. The van der Waals surface area contributed by atoms with E-state index in [1.54, 1.807) is 0 Å². The van der Waals surface area contributed by atoms with Gasteiger partial charge in [-0.3, -0.25) is 0 Å². The number of rotatable bonds is 6. The van der Waals surface area contributed by atoms with Crippen LogP contribution in [0.25, 0.3) is 10.9 Å². The Morgan fingerprint density at radius 1 is 1.43 bits per heavy atom. The number of fused-ring (bicyclic) bond motifs is 1. The number of aliphatic hydroxyl groups is 1. The quantitative estimate of drug-likeness (QED) is 0.657. The highest BCUT2D eigenvalue weighted by atomic mass is 16.3. The topological polar surface area (TPSA) is 77.2 Å². The summed E-state index contributed by atoms with van der Waals surface area (Å²) in [4.78, 5) is 14.9. The van der Waals surface area contributed by atoms with Crippen LogP contribution in [-0.2, 0) is 6.42 Å². The molecular weight excluding hydrogens is 266 g/mol. The van der Waals surface area contributed by atoms with E-state index in [0.717, 1.165) is 11.9 Å². The standard InChI is InChI=1S/C16H23N3O2/c1-11-4-3-5-14-15(11)13(10-18-14)6-8-17-16(21)19-12(2)7-9-20/h3-5,10,12,18,20H,6-9H2,1-2H3,(H2,17,19,21)/t12-/m1/s1. The van der Waals surface area contributed by atoms with Gasteiger partial charge < -0.3 is 20.7 Å². The second kappa shape index (κ2) is 7.13. The van der Waals surface area contributed by atoms with Crippen molar-refractivity contribution in [1.29, 1.82) is 0 Å². The molecule has 0 saturated carbocycles. The van der Waals surface area contributed by atoms with Gasteiger partial charge in [0.15, 0.2) is 0 Å². The van der Waals surface area contributed by atoms with Gasteiger partial charge in [0, 0.05) is 36.3 Å². The average molecular weight is 289 g/mol. The van der Waals surface area contributed by atoms with Gasteiger partial charge in [-0.25, -0.2) is 4.79 Å². The van der Waals surface area contributed by atoms with Crippen LogP contribution in [0.2, 0.25) is 0 Å². The molecule has 0 unspecified atom stereocenters. The fourth-order valence-corrected chi connectivity index (χ4v) is 2.50. The summed E-state index contributed by atoms with van der Waals surface area (Å²) in [6, 6.07) is 5.98. The van der Waals surface area contributed by atoms with E-state index in [9.17, 15) is 4.79 Å². The highest BCUT2D eigenvalue weighted by molar-refractivity contribution is 5.86. The SMILES string of the molecule is Cc1cccc2[nH]cc(CCNC(=O)N[C@H](C)CCO)c12. The van der Waals surface area contributed by atoms with E-state index in [1.807, 2.05) is 19.2 Å². The number of aryl methyl sites for hydroxylation is 1. The fourth-order valence-electron chi connectivity index (χ4n) is 2.50. The predicted molar refractivity (Wildman–Crippen MR) is 84.4 cm³/mol. The zero-order valence-electron chi connectivity index (χ0n) is 12.6. The third-order valence-corrected chi connectivity index (χ3v) is 3.62. The number of aromatic amines is 1. The normalized spacial score (nSPS) is 12.3. The minimum Gasteiger partial charge on any atom is -0.396 e. The molecule has 0 aliphatic carbocycles. The van der Waals surface area contributed by atoms with Gasteiger partial charge in [0.1, 0.15) is 0 Å². The molecule has 1 heterocycles. The number of hydrogen-bond acceptors (Lipinski definition) is 2. The summed E-state index contributed by atoms with van der Waals surface area (Å²) in [5.41, 5.74) is 3.59. The Bertz CT molecular complexity index is 607. The van der Waals surface area contributed by atoms with E-state index in [4.69, 9.17) is 5.11 Å². The van der Waals surface area contributed by atoms with E-state index in [1.165, 1.54) is 16.5 Å². The van der Waals surface area contributed by atoms with Gasteiger partial charge in [0.25, 0.3) is 0 Å². The van der Waals surface area contributed by atoms with Crippen molar-refractivity contribution in [1.82, 2.24) is 15.6 Å². The summed E-state index contributed by atoms with van der Waals surface area (Å²) >= 11 is 0. The van der Waals surface area contributed by atoms with Crippen molar-refractivity contribution in [2.45, 2.75) is 32.7 Å². The summed E-state index contributed by atoms with van der Waals surface area (Å²) in [6.07, 6.45) is 3.35. The maximum absolute atomic E-state index is 11.7. The molecule has 1 aromatic heterocycles. The monoisotopic (exact) mass is 289 g/mol. The number of amides is 2. The molecule has 1 atom stereocenters. The van der Waals surface area contributed by atoms with Crippen LogP contribution < -0.4 is 10.6 Å². The van der Waals surface area contributed by atoms with E-state index < -0.39 is 0 Å². The molecule has 21 heavy (non-hydrogen) atoms. The summed E-state index contributed by atoms with van der Waals surface area (Å²) in [5.74, 6) is 0. The van der Waals surface area contributed by atoms with Crippen LogP contribution in [0.15, 0.2) is 24.4 Å². The Morgan fingerprint density at radius 3 is 3.00 bits per heavy atom. The zero-order valence-corrected chi connectivity index (χ0v) is 12.6. The Hall–Kier alpha value is -2.01. The Kier molecular flexibility index (Phi) is 5.22. The van der Waals surface area contributed by atoms with Crippen LogP contribution in [0.5, 0.6) is 0 Å². The van der Waals surface area contributed by atoms with Gasteiger partial charge in [0.05, 0.1) is 0 Å². The maximum atomic E-state index is 11.7. The smallest absolute Gasteiger partial charge is 0.315 e. The number of hydrogen-bond donors (Lipinski definition) is 4. The Morgan fingerprint density at radius 2 is 2.24 bits per heavy atom. The molecule has 114 valence electrons. The van der Waals surface area contributed by atoms with Crippen molar-refractivity contribution in [3.8, 4) is 0 Å². The highest BCUT2D eigenvalue weighted by Gasteiger charge is 2.08. The molecule has 2 rings (SSSR count). The number of nitrogens with one attached hydrogen (secondary N) is 3. The minimum atomic E-state index is -0.187. The molecule has 0 spiro atoms. The summed E-state index contributed by atoms with van der Waals surface area (Å²) in [5, 5.41) is 15.7. The van der Waals surface area contributed by atoms with Crippen molar-refractivity contribution in [2.24, 2.45) is 0 Å². The number of aromatic nitrogens is 1. The van der Waals surface area contributed by atoms with Crippen LogP contribution in [0, 0.1) is 6.92 Å². The molecule has 0 saturated heterocycles. The van der Waals surface area contributed by atoms with Gasteiger partial charge in [0.2, 0.25) is 0 Å². The molecule has 5 heteroatoms. The second-order valence-corrected chi connectivity index (χ2v) is 5.37. The Balaban J connectivity index is 1.87. The molecule has 0 bridgehead atoms. The summed E-state index contributed by atoms with van der Waals surface area (Å²) in [6.45, 7) is 4.63. The molecular formula is C16H23N3O2. The third kappa shape index (κ3) is 3.98. The van der Waals surface area contributed by atoms with Gasteiger partial charge in [-0.05, 0) is 43.9 Å². The number of urea groups is 1. The molecule has 0 aliphatic heterocycles. The van der Waals surface area contributed by atoms with Crippen LogP contribution in [0.1, 0.15) is 24.5 Å². The summed E-state index contributed by atoms with van der Waals surface area (Å²) in [7, 11) is 0. The molecule has 0 aliphatic rings. The first-order valence-corrected chi connectivity index (χ1v) is 7.32. The first-order chi connectivity index (χ1) is 10.1. The van der Waals surface area contributed by atoms with Crippen molar-refractivity contribution in [2.75, 3.05) is 13.2 Å². The molecule has 0 fully saturated rings. The van der Waals surface area contributed by atoms with Crippen LogP contribution >= 0.6 is 0 Å². The lowest BCUT2D eigenvalue weighted by molar-refractivity contribution is 0.231. The molecule has 4 N–H and O–H groups in total. The number of H-pyrrole nitrogens is 1. The molecule has 2 aromatic rings. The fraction of sp³-hybridized carbons (Fsp3) is 0.438. The largest absolute Gasteiger partial charge is 0.396 e. The van der Waals surface area contributed by atoms with Crippen molar-refractivity contribution in [3.63, 3.8) is 0 Å². The van der Waals surface area contributed by atoms with Gasteiger partial charge in [-0.1, -0.05) is 12.1 Å². The van der Waals surface area contributed by atoms with E-state index in [-0.39, 0.29) is 18.7 Å². The van der Waals surface area contributed by atoms with Gasteiger partial charge in [-0.2, -0.15) is 0 Å².